The summed E-state index contributed by atoms with van der Waals surface area (Å²) in [5.41, 5.74) is 9.32. The van der Waals surface area contributed by atoms with Crippen LogP contribution < -0.4 is 5.73 Å². The third-order valence-corrected chi connectivity index (χ3v) is 2.35. The fourth-order valence-electron chi connectivity index (χ4n) is 1.54. The summed E-state index contributed by atoms with van der Waals surface area (Å²) < 4.78 is 0. The lowest BCUT2D eigenvalue weighted by atomic mass is 10.1. The molecule has 0 atom stereocenters. The number of rotatable bonds is 2. The Hall–Kier alpha value is -0.890. The number of aryl methyl sites for hydroxylation is 1. The van der Waals surface area contributed by atoms with Crippen LogP contribution in [0, 0.1) is 6.92 Å². The molecule has 0 radical (unpaired) electrons. The Morgan fingerprint density at radius 2 is 2.33 bits per heavy atom. The van der Waals surface area contributed by atoms with Crippen molar-refractivity contribution in [3.8, 4) is 0 Å². The highest BCUT2D eigenvalue weighted by Crippen LogP contribution is 2.41. The lowest BCUT2D eigenvalue weighted by Gasteiger charge is -2.05. The lowest BCUT2D eigenvalue weighted by molar-refractivity contribution is 0.924. The maximum absolute atomic E-state index is 5.60. The fourth-order valence-corrected chi connectivity index (χ4v) is 1.54. The van der Waals surface area contributed by atoms with Gasteiger partial charge < -0.3 is 5.73 Å². The summed E-state index contributed by atoms with van der Waals surface area (Å²) in [4.78, 5) is 4.33. The molecule has 2 rings (SSSR count). The highest BCUT2D eigenvalue weighted by atomic mass is 14.7. The van der Waals surface area contributed by atoms with Crippen molar-refractivity contribution in [3.63, 3.8) is 0 Å². The molecule has 1 fully saturated rings. The summed E-state index contributed by atoms with van der Waals surface area (Å²) in [5.74, 6) is 0.760. The summed E-state index contributed by atoms with van der Waals surface area (Å²) in [5, 5.41) is 0. The van der Waals surface area contributed by atoms with E-state index in [1.807, 2.05) is 6.20 Å². The van der Waals surface area contributed by atoms with Crippen LogP contribution >= 0.6 is 0 Å². The molecule has 0 bridgehead atoms. The first kappa shape index (κ1) is 7.74. The van der Waals surface area contributed by atoms with Gasteiger partial charge in [-0.1, -0.05) is 6.07 Å². The number of aromatic nitrogens is 1. The van der Waals surface area contributed by atoms with Gasteiger partial charge in [-0.15, -0.1) is 0 Å². The van der Waals surface area contributed by atoms with Crippen LogP contribution in [0.1, 0.15) is 35.6 Å². The van der Waals surface area contributed by atoms with E-state index in [9.17, 15) is 0 Å². The van der Waals surface area contributed by atoms with Gasteiger partial charge in [0, 0.05) is 12.7 Å². The Morgan fingerprint density at radius 3 is 2.92 bits per heavy atom. The van der Waals surface area contributed by atoms with Gasteiger partial charge in [-0.05, 0) is 36.8 Å². The summed E-state index contributed by atoms with van der Waals surface area (Å²) in [7, 11) is 0. The zero-order chi connectivity index (χ0) is 8.55. The van der Waals surface area contributed by atoms with E-state index in [4.69, 9.17) is 5.73 Å². The molecule has 1 aromatic rings. The molecule has 2 heteroatoms. The van der Waals surface area contributed by atoms with Crippen LogP contribution in [-0.4, -0.2) is 4.98 Å². The van der Waals surface area contributed by atoms with Gasteiger partial charge in [-0.3, -0.25) is 4.98 Å². The van der Waals surface area contributed by atoms with Crippen molar-refractivity contribution in [2.75, 3.05) is 0 Å². The predicted octanol–water partition coefficient (Wildman–Crippen LogP) is 1.73. The Labute approximate surface area is 72.8 Å². The topological polar surface area (TPSA) is 38.9 Å². The first-order valence-corrected chi connectivity index (χ1v) is 4.46. The fraction of sp³-hybridized carbons (Fsp3) is 0.500. The van der Waals surface area contributed by atoms with Crippen molar-refractivity contribution in [2.24, 2.45) is 5.73 Å². The molecule has 0 aliphatic heterocycles. The second-order valence-electron chi connectivity index (χ2n) is 3.53. The molecule has 12 heavy (non-hydrogen) atoms. The van der Waals surface area contributed by atoms with Gasteiger partial charge >= 0.3 is 0 Å². The van der Waals surface area contributed by atoms with E-state index >= 15 is 0 Å². The summed E-state index contributed by atoms with van der Waals surface area (Å²) in [6.07, 6.45) is 4.53. The van der Waals surface area contributed by atoms with Crippen molar-refractivity contribution in [1.29, 1.82) is 0 Å². The molecule has 1 heterocycles. The van der Waals surface area contributed by atoms with Crippen LogP contribution in [0.4, 0.5) is 0 Å². The lowest BCUT2D eigenvalue weighted by Crippen LogP contribution is -2.04. The van der Waals surface area contributed by atoms with E-state index in [0.29, 0.717) is 6.54 Å². The molecular weight excluding hydrogens is 148 g/mol. The smallest absolute Gasteiger partial charge is 0.0574 e. The second kappa shape index (κ2) is 2.87. The van der Waals surface area contributed by atoms with Gasteiger partial charge in [-0.2, -0.15) is 0 Å². The zero-order valence-electron chi connectivity index (χ0n) is 7.38. The monoisotopic (exact) mass is 162 g/mol. The maximum atomic E-state index is 5.60. The third-order valence-electron chi connectivity index (χ3n) is 2.35. The molecule has 0 saturated heterocycles. The minimum absolute atomic E-state index is 0.576. The molecule has 2 N–H and O–H groups in total. The number of hydrogen-bond acceptors (Lipinski definition) is 2. The van der Waals surface area contributed by atoms with Crippen LogP contribution in [0.2, 0.25) is 0 Å². The van der Waals surface area contributed by atoms with E-state index in [0.717, 1.165) is 11.6 Å². The first-order chi connectivity index (χ1) is 5.81. The van der Waals surface area contributed by atoms with Crippen molar-refractivity contribution in [1.82, 2.24) is 4.98 Å². The highest BCUT2D eigenvalue weighted by Gasteiger charge is 2.26. The molecule has 1 aromatic heterocycles. The first-order valence-electron chi connectivity index (χ1n) is 4.46. The van der Waals surface area contributed by atoms with Crippen molar-refractivity contribution in [3.05, 3.63) is 29.1 Å². The molecule has 1 saturated carbocycles. The Kier molecular flexibility index (Phi) is 1.85. The van der Waals surface area contributed by atoms with Crippen molar-refractivity contribution in [2.45, 2.75) is 32.2 Å². The average Bonchev–Trinajstić information content (AvgIpc) is 2.87. The van der Waals surface area contributed by atoms with Gasteiger partial charge in [0.25, 0.3) is 0 Å². The van der Waals surface area contributed by atoms with Gasteiger partial charge in [0.2, 0.25) is 0 Å². The second-order valence-corrected chi connectivity index (χ2v) is 3.53. The summed E-state index contributed by atoms with van der Waals surface area (Å²) >= 11 is 0. The molecule has 64 valence electrons. The number of nitrogens with zero attached hydrogens (tertiary/aromatic N) is 1. The molecule has 1 aliphatic rings. The number of nitrogens with two attached hydrogens (primary N) is 1. The normalized spacial score (nSPS) is 16.5. The van der Waals surface area contributed by atoms with E-state index in [2.05, 4.69) is 18.0 Å². The molecule has 1 aliphatic carbocycles. The molecule has 2 nitrogen and oxygen atoms in total. The number of hydrogen-bond donors (Lipinski definition) is 1. The largest absolute Gasteiger partial charge is 0.325 e. The van der Waals surface area contributed by atoms with Crippen molar-refractivity contribution >= 4 is 0 Å². The van der Waals surface area contributed by atoms with Gasteiger partial charge in [0.1, 0.15) is 0 Å². The SMILES string of the molecule is Cc1cnc(CN)c(C2CC2)c1. The molecule has 0 unspecified atom stereocenters. The van der Waals surface area contributed by atoms with Crippen LogP contribution in [0.15, 0.2) is 12.3 Å². The van der Waals surface area contributed by atoms with Crippen molar-refractivity contribution < 1.29 is 0 Å². The van der Waals surface area contributed by atoms with Gasteiger partial charge in [0.15, 0.2) is 0 Å². The number of pyridine rings is 1. The minimum atomic E-state index is 0.576. The van der Waals surface area contributed by atoms with Crippen LogP contribution in [0.5, 0.6) is 0 Å². The summed E-state index contributed by atoms with van der Waals surface area (Å²) in [6.45, 7) is 2.66. The molecular formula is C10H14N2. The standard InChI is InChI=1S/C10H14N2/c1-7-4-9(8-2-3-8)10(5-11)12-6-7/h4,6,8H,2-3,5,11H2,1H3. The van der Waals surface area contributed by atoms with E-state index in [-0.39, 0.29) is 0 Å². The van der Waals surface area contributed by atoms with Crippen LogP contribution in [-0.2, 0) is 6.54 Å². The van der Waals surface area contributed by atoms with Crippen LogP contribution in [0.25, 0.3) is 0 Å². The maximum Gasteiger partial charge on any atom is 0.0574 e. The van der Waals surface area contributed by atoms with E-state index in [1.54, 1.807) is 0 Å². The van der Waals surface area contributed by atoms with E-state index < -0.39 is 0 Å². The zero-order valence-corrected chi connectivity index (χ0v) is 7.38. The average molecular weight is 162 g/mol. The Balaban J connectivity index is 2.39. The van der Waals surface area contributed by atoms with Crippen LogP contribution in [0.3, 0.4) is 0 Å². The summed E-state index contributed by atoms with van der Waals surface area (Å²) in [6, 6.07) is 2.23. The van der Waals surface area contributed by atoms with Gasteiger partial charge in [-0.25, -0.2) is 0 Å². The third kappa shape index (κ3) is 1.34. The molecule has 0 amide bonds. The Bertz CT molecular complexity index is 290. The predicted molar refractivity (Wildman–Crippen MR) is 48.8 cm³/mol. The molecule has 0 aromatic carbocycles. The minimum Gasteiger partial charge on any atom is -0.325 e. The Morgan fingerprint density at radius 1 is 1.58 bits per heavy atom. The quantitative estimate of drug-likeness (QED) is 0.719. The van der Waals surface area contributed by atoms with Gasteiger partial charge in [0.05, 0.1) is 5.69 Å². The van der Waals surface area contributed by atoms with E-state index in [1.165, 1.54) is 24.0 Å². The molecule has 0 spiro atoms. The highest BCUT2D eigenvalue weighted by molar-refractivity contribution is 5.31.